The van der Waals surface area contributed by atoms with Gasteiger partial charge < -0.3 is 5.73 Å². The molecule has 0 unspecified atom stereocenters. The molecule has 0 amide bonds. The van der Waals surface area contributed by atoms with Gasteiger partial charge in [-0.25, -0.2) is 15.0 Å². The molecule has 90 valence electrons. The van der Waals surface area contributed by atoms with Crippen molar-refractivity contribution in [3.05, 3.63) is 41.3 Å². The fourth-order valence-electron chi connectivity index (χ4n) is 2.24. The van der Waals surface area contributed by atoms with Gasteiger partial charge in [0.25, 0.3) is 0 Å². The van der Waals surface area contributed by atoms with Crippen LogP contribution >= 0.6 is 0 Å². The molecule has 3 rings (SSSR count). The van der Waals surface area contributed by atoms with Crippen molar-refractivity contribution in [1.82, 2.24) is 15.0 Å². The second-order valence-corrected chi connectivity index (χ2v) is 4.55. The Morgan fingerprint density at radius 3 is 2.67 bits per heavy atom. The minimum Gasteiger partial charge on any atom is -0.324 e. The van der Waals surface area contributed by atoms with Crippen LogP contribution < -0.4 is 5.73 Å². The summed E-state index contributed by atoms with van der Waals surface area (Å²) in [5, 5.41) is 2.08. The number of rotatable bonds is 1. The zero-order chi connectivity index (χ0) is 12.7. The summed E-state index contributed by atoms with van der Waals surface area (Å²) in [6.07, 6.45) is 1.79. The van der Waals surface area contributed by atoms with E-state index in [1.54, 1.807) is 6.20 Å². The van der Waals surface area contributed by atoms with Crippen molar-refractivity contribution in [2.24, 2.45) is 5.73 Å². The van der Waals surface area contributed by atoms with Crippen LogP contribution in [0.15, 0.2) is 24.4 Å². The first-order valence-corrected chi connectivity index (χ1v) is 5.91. The van der Waals surface area contributed by atoms with Crippen LogP contribution in [0.5, 0.6) is 0 Å². The highest BCUT2D eigenvalue weighted by Gasteiger charge is 2.05. The predicted octanol–water partition coefficient (Wildman–Crippen LogP) is 2.25. The van der Waals surface area contributed by atoms with Gasteiger partial charge in [0.2, 0.25) is 0 Å². The molecule has 2 aromatic heterocycles. The predicted molar refractivity (Wildman–Crippen MR) is 72.2 cm³/mol. The normalized spacial score (nSPS) is 11.3. The van der Waals surface area contributed by atoms with Crippen LogP contribution in [0, 0.1) is 13.8 Å². The molecule has 0 aliphatic rings. The van der Waals surface area contributed by atoms with Crippen LogP contribution in [-0.2, 0) is 6.54 Å². The molecule has 4 heteroatoms. The number of fused-ring (bicyclic) bond motifs is 2. The van der Waals surface area contributed by atoms with E-state index in [4.69, 9.17) is 5.73 Å². The highest BCUT2D eigenvalue weighted by atomic mass is 15.0. The maximum Gasteiger partial charge on any atom is 0.163 e. The van der Waals surface area contributed by atoms with Crippen LogP contribution in [0.2, 0.25) is 0 Å². The molecule has 0 bridgehead atoms. The van der Waals surface area contributed by atoms with Gasteiger partial charge in [-0.05, 0) is 31.5 Å². The summed E-state index contributed by atoms with van der Waals surface area (Å²) >= 11 is 0. The number of aromatic nitrogens is 3. The Morgan fingerprint density at radius 2 is 1.89 bits per heavy atom. The van der Waals surface area contributed by atoms with E-state index in [0.29, 0.717) is 18.0 Å². The molecule has 3 aromatic rings. The maximum atomic E-state index is 5.55. The van der Waals surface area contributed by atoms with Gasteiger partial charge in [-0.15, -0.1) is 0 Å². The van der Waals surface area contributed by atoms with Crippen molar-refractivity contribution in [2.45, 2.75) is 20.4 Å². The molecule has 0 saturated carbocycles. The van der Waals surface area contributed by atoms with E-state index >= 15 is 0 Å². The third-order valence-electron chi connectivity index (χ3n) is 3.03. The van der Waals surface area contributed by atoms with Gasteiger partial charge >= 0.3 is 0 Å². The van der Waals surface area contributed by atoms with Crippen molar-refractivity contribution < 1.29 is 0 Å². The number of benzene rings is 1. The largest absolute Gasteiger partial charge is 0.324 e. The summed E-state index contributed by atoms with van der Waals surface area (Å²) in [6.45, 7) is 4.49. The first-order chi connectivity index (χ1) is 8.67. The molecule has 2 N–H and O–H groups in total. The molecular formula is C14H14N4. The summed E-state index contributed by atoms with van der Waals surface area (Å²) in [7, 11) is 0. The Morgan fingerprint density at radius 1 is 1.06 bits per heavy atom. The number of hydrogen-bond donors (Lipinski definition) is 1. The molecule has 0 radical (unpaired) electrons. The van der Waals surface area contributed by atoms with Gasteiger partial charge in [-0.2, -0.15) is 0 Å². The fourth-order valence-corrected chi connectivity index (χ4v) is 2.24. The molecule has 1 aromatic carbocycles. The quantitative estimate of drug-likeness (QED) is 0.660. The van der Waals surface area contributed by atoms with Gasteiger partial charge in [-0.3, -0.25) is 0 Å². The zero-order valence-electron chi connectivity index (χ0n) is 10.4. The average Bonchev–Trinajstić information content (AvgIpc) is 2.36. The summed E-state index contributed by atoms with van der Waals surface area (Å²) in [6, 6.07) is 6.34. The second-order valence-electron chi connectivity index (χ2n) is 4.55. The van der Waals surface area contributed by atoms with Gasteiger partial charge in [0.1, 0.15) is 5.82 Å². The number of nitrogens with two attached hydrogens (primary N) is 1. The number of nitrogens with zero attached hydrogens (tertiary/aromatic N) is 3. The Hall–Kier alpha value is -2.07. The molecule has 0 spiro atoms. The molecule has 2 heterocycles. The van der Waals surface area contributed by atoms with Crippen LogP contribution in [0.3, 0.4) is 0 Å². The minimum atomic E-state index is 0.336. The van der Waals surface area contributed by atoms with E-state index in [2.05, 4.69) is 47.0 Å². The fraction of sp³-hybridized carbons (Fsp3) is 0.214. The SMILES string of the molecule is Cc1cc(C)c2nc3nc(CN)ncc3cc2c1. The summed E-state index contributed by atoms with van der Waals surface area (Å²) < 4.78 is 0. The second kappa shape index (κ2) is 3.99. The Kier molecular flexibility index (Phi) is 2.45. The third kappa shape index (κ3) is 1.71. The molecule has 18 heavy (non-hydrogen) atoms. The van der Waals surface area contributed by atoms with E-state index < -0.39 is 0 Å². The summed E-state index contributed by atoms with van der Waals surface area (Å²) in [4.78, 5) is 13.2. The van der Waals surface area contributed by atoms with E-state index in [1.807, 2.05) is 0 Å². The van der Waals surface area contributed by atoms with E-state index in [1.165, 1.54) is 11.1 Å². The van der Waals surface area contributed by atoms with Crippen LogP contribution in [0.25, 0.3) is 21.9 Å². The zero-order valence-corrected chi connectivity index (χ0v) is 10.4. The van der Waals surface area contributed by atoms with Crippen LogP contribution in [0.1, 0.15) is 17.0 Å². The van der Waals surface area contributed by atoms with Crippen LogP contribution in [0.4, 0.5) is 0 Å². The van der Waals surface area contributed by atoms with Gasteiger partial charge in [0.05, 0.1) is 12.1 Å². The number of pyridine rings is 1. The third-order valence-corrected chi connectivity index (χ3v) is 3.03. The smallest absolute Gasteiger partial charge is 0.163 e. The lowest BCUT2D eigenvalue weighted by Crippen LogP contribution is -2.03. The van der Waals surface area contributed by atoms with E-state index in [9.17, 15) is 0 Å². The molecule has 0 aliphatic heterocycles. The molecular weight excluding hydrogens is 224 g/mol. The van der Waals surface area contributed by atoms with Crippen molar-refractivity contribution in [3.63, 3.8) is 0 Å². The number of aryl methyl sites for hydroxylation is 2. The van der Waals surface area contributed by atoms with E-state index in [0.717, 1.165) is 16.3 Å². The van der Waals surface area contributed by atoms with Crippen molar-refractivity contribution in [1.29, 1.82) is 0 Å². The Balaban J connectivity index is 2.39. The maximum absolute atomic E-state index is 5.55. The monoisotopic (exact) mass is 238 g/mol. The van der Waals surface area contributed by atoms with Crippen LogP contribution in [-0.4, -0.2) is 15.0 Å². The minimum absolute atomic E-state index is 0.336. The van der Waals surface area contributed by atoms with Gasteiger partial charge in [0.15, 0.2) is 5.65 Å². The van der Waals surface area contributed by atoms with Gasteiger partial charge in [-0.1, -0.05) is 11.6 Å². The first-order valence-electron chi connectivity index (χ1n) is 5.91. The van der Waals surface area contributed by atoms with Crippen molar-refractivity contribution >= 4 is 21.9 Å². The topological polar surface area (TPSA) is 64.7 Å². The molecule has 0 fully saturated rings. The number of hydrogen-bond acceptors (Lipinski definition) is 4. The molecule has 0 aliphatic carbocycles. The summed E-state index contributed by atoms with van der Waals surface area (Å²) in [5.74, 6) is 0.624. The highest BCUT2D eigenvalue weighted by molar-refractivity contribution is 5.92. The molecule has 0 saturated heterocycles. The van der Waals surface area contributed by atoms with Gasteiger partial charge in [0, 0.05) is 17.0 Å². The van der Waals surface area contributed by atoms with Crippen molar-refractivity contribution in [2.75, 3.05) is 0 Å². The standard InChI is InChI=1S/C14H14N4/c1-8-3-9(2)13-10(4-8)5-11-7-16-12(6-15)17-14(11)18-13/h3-5,7H,6,15H2,1-2H3. The van der Waals surface area contributed by atoms with Crippen molar-refractivity contribution in [3.8, 4) is 0 Å². The Labute approximate surface area is 105 Å². The Bertz CT molecular complexity index is 749. The molecule has 0 atom stereocenters. The highest BCUT2D eigenvalue weighted by Crippen LogP contribution is 2.22. The average molecular weight is 238 g/mol. The lowest BCUT2D eigenvalue weighted by Gasteiger charge is -2.06. The lowest BCUT2D eigenvalue weighted by molar-refractivity contribution is 0.922. The summed E-state index contributed by atoms with van der Waals surface area (Å²) in [5.41, 5.74) is 9.66. The van der Waals surface area contributed by atoms with E-state index in [-0.39, 0.29) is 0 Å². The first kappa shape index (κ1) is 11.0. The lowest BCUT2D eigenvalue weighted by atomic mass is 10.1. The molecule has 4 nitrogen and oxygen atoms in total.